The predicted octanol–water partition coefficient (Wildman–Crippen LogP) is 3.69. The molecule has 0 saturated carbocycles. The van der Waals surface area contributed by atoms with Crippen molar-refractivity contribution in [2.24, 2.45) is 0 Å². The third-order valence-corrected chi connectivity index (χ3v) is 3.90. The normalized spacial score (nSPS) is 22.4. The van der Waals surface area contributed by atoms with Crippen LogP contribution in [0, 0.1) is 0 Å². The molecular formula is C14H21ClN2. The third kappa shape index (κ3) is 3.36. The molecule has 3 heteroatoms. The summed E-state index contributed by atoms with van der Waals surface area (Å²) in [5.41, 5.74) is 8.02. The summed E-state index contributed by atoms with van der Waals surface area (Å²) in [6.07, 6.45) is 5.29. The molecule has 1 aromatic rings. The lowest BCUT2D eigenvalue weighted by atomic mass is 10.1. The third-order valence-electron chi connectivity index (χ3n) is 3.67. The van der Waals surface area contributed by atoms with Crippen LogP contribution in [0.4, 0.5) is 5.69 Å². The first-order valence-corrected chi connectivity index (χ1v) is 6.82. The number of likely N-dealkylation sites (tertiary alicyclic amines) is 1. The van der Waals surface area contributed by atoms with E-state index in [1.54, 1.807) is 0 Å². The standard InChI is InChI=1S/C14H21ClN2/c1-11-5-3-2-4-8-17(11)10-12-9-13(15)6-7-14(12)16/h6-7,9,11H,2-5,8,10,16H2,1H3. The summed E-state index contributed by atoms with van der Waals surface area (Å²) < 4.78 is 0. The largest absolute Gasteiger partial charge is 0.398 e. The number of benzene rings is 1. The van der Waals surface area contributed by atoms with Crippen LogP contribution in [-0.2, 0) is 6.54 Å². The molecule has 1 aliphatic heterocycles. The van der Waals surface area contributed by atoms with E-state index in [2.05, 4.69) is 11.8 Å². The zero-order valence-corrected chi connectivity index (χ0v) is 11.2. The molecule has 1 saturated heterocycles. The van der Waals surface area contributed by atoms with Crippen molar-refractivity contribution < 1.29 is 0 Å². The monoisotopic (exact) mass is 252 g/mol. The van der Waals surface area contributed by atoms with Gasteiger partial charge in [-0.3, -0.25) is 4.90 Å². The SMILES string of the molecule is CC1CCCCCN1Cc1cc(Cl)ccc1N. The molecule has 1 unspecified atom stereocenters. The molecule has 0 spiro atoms. The van der Waals surface area contributed by atoms with Gasteiger partial charge in [0.05, 0.1) is 0 Å². The lowest BCUT2D eigenvalue weighted by Crippen LogP contribution is -2.32. The maximum absolute atomic E-state index is 6.03. The summed E-state index contributed by atoms with van der Waals surface area (Å²) in [6, 6.07) is 6.40. The molecule has 0 radical (unpaired) electrons. The lowest BCUT2D eigenvalue weighted by Gasteiger charge is -2.27. The van der Waals surface area contributed by atoms with Gasteiger partial charge in [0.1, 0.15) is 0 Å². The van der Waals surface area contributed by atoms with E-state index in [4.69, 9.17) is 17.3 Å². The fourth-order valence-electron chi connectivity index (χ4n) is 2.50. The summed E-state index contributed by atoms with van der Waals surface area (Å²) in [6.45, 7) is 4.41. The van der Waals surface area contributed by atoms with Gasteiger partial charge in [-0.25, -0.2) is 0 Å². The van der Waals surface area contributed by atoms with E-state index in [9.17, 15) is 0 Å². The van der Waals surface area contributed by atoms with Crippen molar-refractivity contribution in [3.8, 4) is 0 Å². The van der Waals surface area contributed by atoms with E-state index in [-0.39, 0.29) is 0 Å². The van der Waals surface area contributed by atoms with Gasteiger partial charge in [-0.1, -0.05) is 24.4 Å². The quantitative estimate of drug-likeness (QED) is 0.814. The summed E-state index contributed by atoms with van der Waals surface area (Å²) in [5, 5.41) is 0.775. The van der Waals surface area contributed by atoms with Gasteiger partial charge in [0.25, 0.3) is 0 Å². The number of hydrogen-bond donors (Lipinski definition) is 1. The van der Waals surface area contributed by atoms with Crippen LogP contribution in [0.15, 0.2) is 18.2 Å². The number of rotatable bonds is 2. The van der Waals surface area contributed by atoms with Crippen LogP contribution < -0.4 is 5.73 Å². The summed E-state index contributed by atoms with van der Waals surface area (Å²) in [5.74, 6) is 0. The smallest absolute Gasteiger partial charge is 0.0410 e. The highest BCUT2D eigenvalue weighted by Gasteiger charge is 2.17. The number of nitrogens with two attached hydrogens (primary N) is 1. The van der Waals surface area contributed by atoms with Crippen molar-refractivity contribution in [3.05, 3.63) is 28.8 Å². The first-order valence-electron chi connectivity index (χ1n) is 6.45. The summed E-state index contributed by atoms with van der Waals surface area (Å²) >= 11 is 6.03. The zero-order valence-electron chi connectivity index (χ0n) is 10.5. The highest BCUT2D eigenvalue weighted by Crippen LogP contribution is 2.23. The van der Waals surface area contributed by atoms with Gasteiger partial charge >= 0.3 is 0 Å². The van der Waals surface area contributed by atoms with Gasteiger partial charge in [0.2, 0.25) is 0 Å². The predicted molar refractivity (Wildman–Crippen MR) is 74.2 cm³/mol. The maximum atomic E-state index is 6.03. The molecule has 1 fully saturated rings. The topological polar surface area (TPSA) is 29.3 Å². The number of hydrogen-bond acceptors (Lipinski definition) is 2. The van der Waals surface area contributed by atoms with Crippen LogP contribution in [0.2, 0.25) is 5.02 Å². The van der Waals surface area contributed by atoms with Crippen molar-refractivity contribution in [2.75, 3.05) is 12.3 Å². The second-order valence-electron chi connectivity index (χ2n) is 5.01. The Morgan fingerprint density at radius 2 is 2.18 bits per heavy atom. The molecule has 2 nitrogen and oxygen atoms in total. The Hall–Kier alpha value is -0.730. The zero-order chi connectivity index (χ0) is 12.3. The molecule has 0 amide bonds. The molecule has 2 rings (SSSR count). The molecular weight excluding hydrogens is 232 g/mol. The van der Waals surface area contributed by atoms with Gasteiger partial charge in [-0.2, -0.15) is 0 Å². The Balaban J connectivity index is 2.10. The number of halogens is 1. The van der Waals surface area contributed by atoms with Crippen LogP contribution in [-0.4, -0.2) is 17.5 Å². The van der Waals surface area contributed by atoms with E-state index in [0.29, 0.717) is 6.04 Å². The van der Waals surface area contributed by atoms with Gasteiger partial charge in [0, 0.05) is 23.3 Å². The van der Waals surface area contributed by atoms with Gasteiger partial charge in [0.15, 0.2) is 0 Å². The second-order valence-corrected chi connectivity index (χ2v) is 5.45. The van der Waals surface area contributed by atoms with E-state index < -0.39 is 0 Å². The number of nitrogens with zero attached hydrogens (tertiary/aromatic N) is 1. The fourth-order valence-corrected chi connectivity index (χ4v) is 2.69. The van der Waals surface area contributed by atoms with Gasteiger partial charge in [-0.05, 0) is 50.1 Å². The van der Waals surface area contributed by atoms with E-state index in [0.717, 1.165) is 22.8 Å². The van der Waals surface area contributed by atoms with Crippen LogP contribution in [0.5, 0.6) is 0 Å². The minimum absolute atomic E-state index is 0.649. The Labute approximate surface area is 109 Å². The molecule has 94 valence electrons. The first kappa shape index (κ1) is 12.7. The molecule has 1 aromatic carbocycles. The Bertz CT molecular complexity index is 378. The molecule has 2 N–H and O–H groups in total. The second kappa shape index (κ2) is 5.74. The van der Waals surface area contributed by atoms with E-state index in [1.165, 1.54) is 32.2 Å². The molecule has 0 aromatic heterocycles. The maximum Gasteiger partial charge on any atom is 0.0410 e. The fraction of sp³-hybridized carbons (Fsp3) is 0.571. The van der Waals surface area contributed by atoms with Crippen LogP contribution in [0.25, 0.3) is 0 Å². The van der Waals surface area contributed by atoms with Crippen LogP contribution in [0.3, 0.4) is 0 Å². The average molecular weight is 253 g/mol. The van der Waals surface area contributed by atoms with Crippen molar-refractivity contribution in [2.45, 2.75) is 45.2 Å². The minimum atomic E-state index is 0.649. The average Bonchev–Trinajstić information content (AvgIpc) is 2.50. The van der Waals surface area contributed by atoms with Crippen LogP contribution in [0.1, 0.15) is 38.2 Å². The van der Waals surface area contributed by atoms with E-state index >= 15 is 0 Å². The van der Waals surface area contributed by atoms with Crippen molar-refractivity contribution >= 4 is 17.3 Å². The molecule has 1 aliphatic rings. The van der Waals surface area contributed by atoms with Gasteiger partial charge < -0.3 is 5.73 Å². The highest BCUT2D eigenvalue weighted by molar-refractivity contribution is 6.30. The van der Waals surface area contributed by atoms with Crippen molar-refractivity contribution in [3.63, 3.8) is 0 Å². The van der Waals surface area contributed by atoms with Crippen molar-refractivity contribution in [1.29, 1.82) is 0 Å². The van der Waals surface area contributed by atoms with Crippen LogP contribution >= 0.6 is 11.6 Å². The molecule has 0 aliphatic carbocycles. The molecule has 17 heavy (non-hydrogen) atoms. The van der Waals surface area contributed by atoms with Crippen molar-refractivity contribution in [1.82, 2.24) is 4.90 Å². The number of anilines is 1. The van der Waals surface area contributed by atoms with Gasteiger partial charge in [-0.15, -0.1) is 0 Å². The summed E-state index contributed by atoms with van der Waals surface area (Å²) in [4.78, 5) is 2.52. The Kier molecular flexibility index (Phi) is 4.30. The summed E-state index contributed by atoms with van der Waals surface area (Å²) in [7, 11) is 0. The lowest BCUT2D eigenvalue weighted by molar-refractivity contribution is 0.205. The molecule has 0 bridgehead atoms. The first-order chi connectivity index (χ1) is 8.16. The minimum Gasteiger partial charge on any atom is -0.398 e. The van der Waals surface area contributed by atoms with E-state index in [1.807, 2.05) is 18.2 Å². The molecule has 1 atom stereocenters. The molecule has 1 heterocycles. The highest BCUT2D eigenvalue weighted by atomic mass is 35.5. The Morgan fingerprint density at radius 1 is 1.35 bits per heavy atom. The Morgan fingerprint density at radius 3 is 3.00 bits per heavy atom. The number of nitrogen functional groups attached to an aromatic ring is 1.